The second-order valence-corrected chi connectivity index (χ2v) is 4.17. The molecule has 0 aliphatic carbocycles. The first kappa shape index (κ1) is 8.77. The fourth-order valence-electron chi connectivity index (χ4n) is 2.79. The zero-order chi connectivity index (χ0) is 10.4. The minimum Gasteiger partial charge on any atom is -0.388 e. The molecule has 0 aromatic heterocycles. The summed E-state index contributed by atoms with van der Waals surface area (Å²) >= 11 is 0. The Kier molecular flexibility index (Phi) is 1.75. The van der Waals surface area contributed by atoms with Gasteiger partial charge in [0.1, 0.15) is 0 Å². The lowest BCUT2D eigenvalue weighted by Gasteiger charge is -2.16. The third-order valence-corrected chi connectivity index (χ3v) is 3.45. The van der Waals surface area contributed by atoms with Crippen molar-refractivity contribution in [3.63, 3.8) is 0 Å². The highest BCUT2D eigenvalue weighted by molar-refractivity contribution is 6.01. The van der Waals surface area contributed by atoms with Crippen LogP contribution in [0, 0.1) is 0 Å². The quantitative estimate of drug-likeness (QED) is 0.755. The molecule has 1 N–H and O–H groups in total. The maximum Gasteiger partial charge on any atom is 0.254 e. The molecule has 1 aromatic carbocycles. The second-order valence-electron chi connectivity index (χ2n) is 4.17. The summed E-state index contributed by atoms with van der Waals surface area (Å²) in [6.45, 7) is 0.918. The molecule has 1 saturated heterocycles. The normalized spacial score (nSPS) is 22.9. The molecule has 1 unspecified atom stereocenters. The van der Waals surface area contributed by atoms with Crippen LogP contribution in [-0.4, -0.2) is 24.4 Å². The third kappa shape index (κ3) is 1.03. The van der Waals surface area contributed by atoms with Crippen LogP contribution in [0.1, 0.15) is 34.8 Å². The molecule has 2 aliphatic heterocycles. The van der Waals surface area contributed by atoms with Crippen molar-refractivity contribution in [1.82, 2.24) is 4.90 Å². The molecule has 3 rings (SSSR count). The van der Waals surface area contributed by atoms with Gasteiger partial charge >= 0.3 is 0 Å². The van der Waals surface area contributed by atoms with E-state index in [1.54, 1.807) is 0 Å². The zero-order valence-electron chi connectivity index (χ0n) is 8.79. The SMILES string of the molecule is CNc1cccc2c1C1CCCN1C2=O. The Morgan fingerprint density at radius 2 is 2.33 bits per heavy atom. The van der Waals surface area contributed by atoms with Gasteiger partial charge in [-0.2, -0.15) is 0 Å². The topological polar surface area (TPSA) is 32.3 Å². The van der Waals surface area contributed by atoms with Gasteiger partial charge in [0.25, 0.3) is 5.91 Å². The molecule has 0 radical (unpaired) electrons. The van der Waals surface area contributed by atoms with Crippen LogP contribution in [0.3, 0.4) is 0 Å². The van der Waals surface area contributed by atoms with Crippen molar-refractivity contribution in [3.05, 3.63) is 29.3 Å². The first-order valence-corrected chi connectivity index (χ1v) is 5.44. The molecule has 15 heavy (non-hydrogen) atoms. The molecular weight excluding hydrogens is 188 g/mol. The summed E-state index contributed by atoms with van der Waals surface area (Å²) in [4.78, 5) is 14.0. The monoisotopic (exact) mass is 202 g/mol. The van der Waals surface area contributed by atoms with Crippen LogP contribution >= 0.6 is 0 Å². The van der Waals surface area contributed by atoms with E-state index in [-0.39, 0.29) is 5.91 Å². The largest absolute Gasteiger partial charge is 0.388 e. The summed E-state index contributed by atoms with van der Waals surface area (Å²) in [5, 5.41) is 3.18. The Bertz CT molecular complexity index is 428. The van der Waals surface area contributed by atoms with Crippen LogP contribution in [0.15, 0.2) is 18.2 Å². The first-order valence-electron chi connectivity index (χ1n) is 5.44. The number of carbonyl (C=O) groups excluding carboxylic acids is 1. The van der Waals surface area contributed by atoms with Crippen molar-refractivity contribution in [1.29, 1.82) is 0 Å². The fourth-order valence-corrected chi connectivity index (χ4v) is 2.79. The number of amides is 1. The van der Waals surface area contributed by atoms with E-state index in [1.807, 2.05) is 30.1 Å². The van der Waals surface area contributed by atoms with Gasteiger partial charge in [0, 0.05) is 30.4 Å². The van der Waals surface area contributed by atoms with E-state index in [0.717, 1.165) is 30.6 Å². The van der Waals surface area contributed by atoms with Gasteiger partial charge in [-0.05, 0) is 25.0 Å². The number of nitrogens with one attached hydrogen (secondary N) is 1. The lowest BCUT2D eigenvalue weighted by Crippen LogP contribution is -2.22. The van der Waals surface area contributed by atoms with Gasteiger partial charge in [0.2, 0.25) is 0 Å². The standard InChI is InChI=1S/C12H14N2O/c1-13-9-5-2-4-8-11(9)10-6-3-7-14(10)12(8)15/h2,4-5,10,13H,3,6-7H2,1H3. The van der Waals surface area contributed by atoms with Crippen LogP contribution in [0.4, 0.5) is 5.69 Å². The Hall–Kier alpha value is -1.51. The molecular formula is C12H14N2O. The maximum atomic E-state index is 12.0. The van der Waals surface area contributed by atoms with E-state index >= 15 is 0 Å². The lowest BCUT2D eigenvalue weighted by atomic mass is 10.0. The van der Waals surface area contributed by atoms with Crippen molar-refractivity contribution in [2.24, 2.45) is 0 Å². The number of fused-ring (bicyclic) bond motifs is 3. The van der Waals surface area contributed by atoms with Crippen molar-refractivity contribution in [2.75, 3.05) is 18.9 Å². The van der Waals surface area contributed by atoms with Crippen molar-refractivity contribution in [3.8, 4) is 0 Å². The number of nitrogens with zero attached hydrogens (tertiary/aromatic N) is 1. The second kappa shape index (κ2) is 2.99. The summed E-state index contributed by atoms with van der Waals surface area (Å²) < 4.78 is 0. The van der Waals surface area contributed by atoms with Crippen LogP contribution < -0.4 is 5.32 Å². The molecule has 2 heterocycles. The van der Waals surface area contributed by atoms with E-state index in [9.17, 15) is 4.79 Å². The summed E-state index contributed by atoms with van der Waals surface area (Å²) in [6, 6.07) is 6.27. The molecule has 0 saturated carbocycles. The number of hydrogen-bond donors (Lipinski definition) is 1. The smallest absolute Gasteiger partial charge is 0.254 e. The molecule has 1 aromatic rings. The summed E-state index contributed by atoms with van der Waals surface area (Å²) in [7, 11) is 1.91. The highest BCUT2D eigenvalue weighted by Crippen LogP contribution is 2.44. The van der Waals surface area contributed by atoms with E-state index in [4.69, 9.17) is 0 Å². The average molecular weight is 202 g/mol. The number of hydrogen-bond acceptors (Lipinski definition) is 2. The number of rotatable bonds is 1. The minimum absolute atomic E-state index is 0.213. The Morgan fingerprint density at radius 1 is 1.47 bits per heavy atom. The molecule has 3 heteroatoms. The Labute approximate surface area is 89.1 Å². The number of benzene rings is 1. The summed E-state index contributed by atoms with van der Waals surface area (Å²) in [5.41, 5.74) is 3.21. The molecule has 1 amide bonds. The van der Waals surface area contributed by atoms with E-state index in [0.29, 0.717) is 6.04 Å². The Balaban J connectivity index is 2.19. The van der Waals surface area contributed by atoms with E-state index in [1.165, 1.54) is 5.56 Å². The average Bonchev–Trinajstić information content (AvgIpc) is 2.83. The van der Waals surface area contributed by atoms with Gasteiger partial charge in [-0.1, -0.05) is 6.07 Å². The molecule has 1 fully saturated rings. The fraction of sp³-hybridized carbons (Fsp3) is 0.417. The third-order valence-electron chi connectivity index (χ3n) is 3.45. The summed E-state index contributed by atoms with van der Waals surface area (Å²) in [5.74, 6) is 0.213. The van der Waals surface area contributed by atoms with Crippen molar-refractivity contribution >= 4 is 11.6 Å². The number of anilines is 1. The van der Waals surface area contributed by atoms with Crippen LogP contribution in [0.5, 0.6) is 0 Å². The molecule has 3 nitrogen and oxygen atoms in total. The van der Waals surface area contributed by atoms with Gasteiger partial charge in [-0.25, -0.2) is 0 Å². The lowest BCUT2D eigenvalue weighted by molar-refractivity contribution is 0.0776. The Morgan fingerprint density at radius 3 is 3.13 bits per heavy atom. The predicted molar refractivity (Wildman–Crippen MR) is 59.0 cm³/mol. The maximum absolute atomic E-state index is 12.0. The predicted octanol–water partition coefficient (Wildman–Crippen LogP) is 2.02. The van der Waals surface area contributed by atoms with Crippen LogP contribution in [0.2, 0.25) is 0 Å². The van der Waals surface area contributed by atoms with Gasteiger partial charge in [-0.3, -0.25) is 4.79 Å². The minimum atomic E-state index is 0.213. The highest BCUT2D eigenvalue weighted by atomic mass is 16.2. The van der Waals surface area contributed by atoms with Crippen LogP contribution in [-0.2, 0) is 0 Å². The molecule has 0 spiro atoms. The van der Waals surface area contributed by atoms with Crippen molar-refractivity contribution in [2.45, 2.75) is 18.9 Å². The summed E-state index contributed by atoms with van der Waals surface area (Å²) in [6.07, 6.45) is 2.24. The molecule has 2 aliphatic rings. The molecule has 0 bridgehead atoms. The molecule has 1 atom stereocenters. The van der Waals surface area contributed by atoms with Gasteiger partial charge < -0.3 is 10.2 Å². The van der Waals surface area contributed by atoms with E-state index in [2.05, 4.69) is 5.32 Å². The van der Waals surface area contributed by atoms with Gasteiger partial charge in [0.05, 0.1) is 6.04 Å². The highest BCUT2D eigenvalue weighted by Gasteiger charge is 2.40. The van der Waals surface area contributed by atoms with Crippen molar-refractivity contribution < 1.29 is 4.79 Å². The zero-order valence-corrected chi connectivity index (χ0v) is 8.79. The van der Waals surface area contributed by atoms with Crippen LogP contribution in [0.25, 0.3) is 0 Å². The van der Waals surface area contributed by atoms with Gasteiger partial charge in [-0.15, -0.1) is 0 Å². The van der Waals surface area contributed by atoms with Gasteiger partial charge in [0.15, 0.2) is 0 Å². The number of carbonyl (C=O) groups is 1. The molecule has 78 valence electrons. The van der Waals surface area contributed by atoms with E-state index < -0.39 is 0 Å². The first-order chi connectivity index (χ1) is 7.33.